The topological polar surface area (TPSA) is 46.2 Å². The van der Waals surface area contributed by atoms with Gasteiger partial charge in [0.05, 0.1) is 0 Å². The molecule has 1 aromatic carbocycles. The van der Waals surface area contributed by atoms with Crippen molar-refractivity contribution in [2.75, 3.05) is 0 Å². The van der Waals surface area contributed by atoms with Gasteiger partial charge in [0, 0.05) is 16.1 Å². The van der Waals surface area contributed by atoms with Gasteiger partial charge in [-0.05, 0) is 36.1 Å². The van der Waals surface area contributed by atoms with E-state index in [1.807, 2.05) is 0 Å². The molecular formula is C12H11Cl2NO2S2. The number of hydrogen-bond acceptors (Lipinski definition) is 3. The van der Waals surface area contributed by atoms with Gasteiger partial charge in [0.1, 0.15) is 4.21 Å². The van der Waals surface area contributed by atoms with Gasteiger partial charge in [-0.1, -0.05) is 35.3 Å². The van der Waals surface area contributed by atoms with Gasteiger partial charge in [0.15, 0.2) is 0 Å². The first-order chi connectivity index (χ1) is 8.90. The second-order valence-corrected chi connectivity index (χ2v) is 7.67. The zero-order valence-corrected chi connectivity index (χ0v) is 13.1. The van der Waals surface area contributed by atoms with Gasteiger partial charge in [-0.25, -0.2) is 13.1 Å². The van der Waals surface area contributed by atoms with Gasteiger partial charge < -0.3 is 0 Å². The number of benzene rings is 1. The predicted molar refractivity (Wildman–Crippen MR) is 79.5 cm³/mol. The highest BCUT2D eigenvalue weighted by molar-refractivity contribution is 7.91. The Bertz CT molecular complexity index is 669. The van der Waals surface area contributed by atoms with E-state index in [-0.39, 0.29) is 4.21 Å². The Kier molecular flexibility index (Phi) is 4.53. The number of hydrogen-bond donors (Lipinski definition) is 1. The molecule has 2 aromatic rings. The van der Waals surface area contributed by atoms with Crippen LogP contribution in [-0.2, 0) is 10.0 Å². The lowest BCUT2D eigenvalue weighted by molar-refractivity contribution is 0.569. The summed E-state index contributed by atoms with van der Waals surface area (Å²) in [6.07, 6.45) is 0. The Morgan fingerprint density at radius 2 is 2.00 bits per heavy atom. The molecular weight excluding hydrogens is 325 g/mol. The van der Waals surface area contributed by atoms with Gasteiger partial charge >= 0.3 is 0 Å². The van der Waals surface area contributed by atoms with Crippen molar-refractivity contribution >= 4 is 44.6 Å². The van der Waals surface area contributed by atoms with Gasteiger partial charge in [0.25, 0.3) is 10.0 Å². The van der Waals surface area contributed by atoms with E-state index in [4.69, 9.17) is 23.2 Å². The number of nitrogens with one attached hydrogen (secondary N) is 1. The predicted octanol–water partition coefficient (Wildman–Crippen LogP) is 4.09. The zero-order valence-electron chi connectivity index (χ0n) is 9.93. The highest BCUT2D eigenvalue weighted by atomic mass is 35.5. The fraction of sp³-hybridized carbons (Fsp3) is 0.167. The van der Waals surface area contributed by atoms with E-state index in [1.54, 1.807) is 42.6 Å². The molecule has 0 aliphatic carbocycles. The van der Waals surface area contributed by atoms with Crippen molar-refractivity contribution in [3.63, 3.8) is 0 Å². The Morgan fingerprint density at radius 1 is 1.26 bits per heavy atom. The van der Waals surface area contributed by atoms with E-state index in [2.05, 4.69) is 4.72 Å². The van der Waals surface area contributed by atoms with Crippen LogP contribution in [0.1, 0.15) is 18.5 Å². The summed E-state index contributed by atoms with van der Waals surface area (Å²) in [5.41, 5.74) is 0.686. The monoisotopic (exact) mass is 335 g/mol. The third-order valence-corrected chi connectivity index (χ3v) is 6.02. The van der Waals surface area contributed by atoms with Gasteiger partial charge in [0.2, 0.25) is 0 Å². The highest BCUT2D eigenvalue weighted by Crippen LogP contribution is 2.27. The summed E-state index contributed by atoms with van der Waals surface area (Å²) >= 11 is 13.0. The van der Waals surface area contributed by atoms with E-state index in [0.717, 1.165) is 0 Å². The van der Waals surface area contributed by atoms with Crippen LogP contribution in [-0.4, -0.2) is 8.42 Å². The molecule has 19 heavy (non-hydrogen) atoms. The molecule has 0 spiro atoms. The number of rotatable bonds is 4. The molecule has 1 unspecified atom stereocenters. The average molecular weight is 336 g/mol. The normalized spacial score (nSPS) is 13.4. The van der Waals surface area contributed by atoms with Crippen molar-refractivity contribution in [2.24, 2.45) is 0 Å². The first-order valence-corrected chi connectivity index (χ1v) is 8.53. The maximum Gasteiger partial charge on any atom is 0.250 e. The molecule has 0 saturated carbocycles. The van der Waals surface area contributed by atoms with Crippen LogP contribution in [0.5, 0.6) is 0 Å². The zero-order chi connectivity index (χ0) is 14.0. The van der Waals surface area contributed by atoms with Gasteiger partial charge in [-0.15, -0.1) is 11.3 Å². The minimum absolute atomic E-state index is 0.282. The summed E-state index contributed by atoms with van der Waals surface area (Å²) in [6, 6.07) is 7.80. The molecule has 2 rings (SSSR count). The fourth-order valence-corrected chi connectivity index (χ4v) is 4.43. The molecule has 7 heteroatoms. The summed E-state index contributed by atoms with van der Waals surface area (Å²) < 4.78 is 27.0. The Hall–Kier alpha value is -0.590. The second kappa shape index (κ2) is 5.81. The summed E-state index contributed by atoms with van der Waals surface area (Å²) in [6.45, 7) is 1.74. The quantitative estimate of drug-likeness (QED) is 0.914. The molecule has 1 heterocycles. The molecule has 0 aliphatic heterocycles. The maximum absolute atomic E-state index is 12.1. The van der Waals surface area contributed by atoms with Crippen molar-refractivity contribution in [2.45, 2.75) is 17.2 Å². The van der Waals surface area contributed by atoms with Crippen LogP contribution in [0.25, 0.3) is 0 Å². The Labute approximate surface area is 126 Å². The minimum Gasteiger partial charge on any atom is -0.206 e. The largest absolute Gasteiger partial charge is 0.250 e. The van der Waals surface area contributed by atoms with Crippen molar-refractivity contribution < 1.29 is 8.42 Å². The summed E-state index contributed by atoms with van der Waals surface area (Å²) in [5.74, 6) is 0. The average Bonchev–Trinajstić information content (AvgIpc) is 2.81. The molecule has 0 saturated heterocycles. The number of halogens is 2. The van der Waals surface area contributed by atoms with Crippen molar-refractivity contribution in [3.05, 3.63) is 51.3 Å². The molecule has 3 nitrogen and oxygen atoms in total. The first-order valence-electron chi connectivity index (χ1n) is 5.41. The lowest BCUT2D eigenvalue weighted by Crippen LogP contribution is -2.26. The minimum atomic E-state index is -3.51. The molecule has 1 atom stereocenters. The van der Waals surface area contributed by atoms with Gasteiger partial charge in [-0.3, -0.25) is 0 Å². The van der Waals surface area contributed by atoms with E-state index < -0.39 is 16.1 Å². The fourth-order valence-electron chi connectivity index (χ4n) is 1.62. The maximum atomic E-state index is 12.1. The summed E-state index contributed by atoms with van der Waals surface area (Å²) in [4.78, 5) is 0. The van der Waals surface area contributed by atoms with Crippen LogP contribution in [0.3, 0.4) is 0 Å². The standard InChI is InChI=1S/C12H11Cl2NO2S2/c1-8(10-5-4-9(13)7-11(10)14)15-19(16,17)12-3-2-6-18-12/h2-8,15H,1H3. The molecule has 1 N–H and O–H groups in total. The smallest absolute Gasteiger partial charge is 0.206 e. The molecule has 0 aliphatic rings. The van der Waals surface area contributed by atoms with Crippen LogP contribution in [0.15, 0.2) is 39.9 Å². The number of sulfonamides is 1. The van der Waals surface area contributed by atoms with E-state index in [1.165, 1.54) is 11.3 Å². The SMILES string of the molecule is CC(NS(=O)(=O)c1cccs1)c1ccc(Cl)cc1Cl. The Morgan fingerprint density at radius 3 is 2.58 bits per heavy atom. The van der Waals surface area contributed by atoms with Crippen molar-refractivity contribution in [1.82, 2.24) is 4.72 Å². The van der Waals surface area contributed by atoms with Crippen molar-refractivity contribution in [3.8, 4) is 0 Å². The van der Waals surface area contributed by atoms with Crippen LogP contribution in [0.2, 0.25) is 10.0 Å². The Balaban J connectivity index is 2.24. The van der Waals surface area contributed by atoms with E-state index >= 15 is 0 Å². The van der Waals surface area contributed by atoms with E-state index in [9.17, 15) is 8.42 Å². The molecule has 0 bridgehead atoms. The third-order valence-electron chi connectivity index (χ3n) is 2.52. The van der Waals surface area contributed by atoms with Crippen LogP contribution < -0.4 is 4.72 Å². The van der Waals surface area contributed by atoms with Crippen LogP contribution in [0.4, 0.5) is 0 Å². The van der Waals surface area contributed by atoms with Crippen molar-refractivity contribution in [1.29, 1.82) is 0 Å². The second-order valence-electron chi connectivity index (χ2n) is 3.94. The lowest BCUT2D eigenvalue weighted by atomic mass is 10.1. The lowest BCUT2D eigenvalue weighted by Gasteiger charge is -2.15. The molecule has 0 fully saturated rings. The summed E-state index contributed by atoms with van der Waals surface area (Å²) in [7, 11) is -3.51. The molecule has 102 valence electrons. The van der Waals surface area contributed by atoms with Gasteiger partial charge in [-0.2, -0.15) is 0 Å². The molecule has 1 aromatic heterocycles. The first kappa shape index (κ1) is 14.8. The molecule has 0 radical (unpaired) electrons. The third kappa shape index (κ3) is 3.49. The highest BCUT2D eigenvalue weighted by Gasteiger charge is 2.20. The number of thiophene rings is 1. The molecule has 0 amide bonds. The van der Waals surface area contributed by atoms with Crippen LogP contribution in [0, 0.1) is 0 Å². The summed E-state index contributed by atoms with van der Waals surface area (Å²) in [5, 5.41) is 2.67. The van der Waals surface area contributed by atoms with Crippen LogP contribution >= 0.6 is 34.5 Å². The van der Waals surface area contributed by atoms with E-state index in [0.29, 0.717) is 15.6 Å².